The van der Waals surface area contributed by atoms with Gasteiger partial charge in [0, 0.05) is 24.7 Å². The minimum atomic E-state index is -0.482. The number of aromatic nitrogens is 1. The van der Waals surface area contributed by atoms with E-state index in [4.69, 9.17) is 5.73 Å². The second-order valence-electron chi connectivity index (χ2n) is 4.71. The van der Waals surface area contributed by atoms with Crippen molar-refractivity contribution in [2.75, 3.05) is 11.4 Å². The molecule has 6 nitrogen and oxygen atoms in total. The second-order valence-corrected chi connectivity index (χ2v) is 4.71. The van der Waals surface area contributed by atoms with Crippen LogP contribution in [0.1, 0.15) is 26.2 Å². The summed E-state index contributed by atoms with van der Waals surface area (Å²) < 4.78 is 0. The summed E-state index contributed by atoms with van der Waals surface area (Å²) in [7, 11) is 0. The topological polar surface area (TPSA) is 85.3 Å². The molecule has 2 rings (SSSR count). The number of hydrogen-bond donors (Lipinski definition) is 1. The molecule has 0 aromatic carbocycles. The van der Waals surface area contributed by atoms with Crippen LogP contribution in [-0.4, -0.2) is 28.5 Å². The van der Waals surface area contributed by atoms with Crippen molar-refractivity contribution in [1.29, 1.82) is 0 Å². The van der Waals surface area contributed by atoms with Crippen molar-refractivity contribution in [2.45, 2.75) is 38.3 Å². The van der Waals surface area contributed by atoms with Gasteiger partial charge in [0.2, 0.25) is 0 Å². The lowest BCUT2D eigenvalue weighted by Crippen LogP contribution is -2.49. The summed E-state index contributed by atoms with van der Waals surface area (Å²) >= 11 is 0. The Bertz CT molecular complexity index is 421. The SMILES string of the molecule is CC1CCCC(CN)N1c1ccc([N+](=O)[O-])nc1. The normalized spacial score (nSPS) is 24.0. The maximum absolute atomic E-state index is 10.6. The highest BCUT2D eigenvalue weighted by atomic mass is 16.6. The predicted molar refractivity (Wildman–Crippen MR) is 69.5 cm³/mol. The van der Waals surface area contributed by atoms with Gasteiger partial charge in [-0.15, -0.1) is 0 Å². The van der Waals surface area contributed by atoms with Gasteiger partial charge in [0.05, 0.1) is 5.69 Å². The molecule has 0 bridgehead atoms. The number of rotatable bonds is 3. The lowest BCUT2D eigenvalue weighted by molar-refractivity contribution is -0.389. The van der Waals surface area contributed by atoms with Gasteiger partial charge in [0.1, 0.15) is 0 Å². The molecule has 2 unspecified atom stereocenters. The van der Waals surface area contributed by atoms with Crippen LogP contribution in [0.15, 0.2) is 18.3 Å². The van der Waals surface area contributed by atoms with Crippen LogP contribution in [0.3, 0.4) is 0 Å². The molecule has 2 N–H and O–H groups in total. The first-order valence-electron chi connectivity index (χ1n) is 6.22. The molecule has 0 aliphatic carbocycles. The summed E-state index contributed by atoms with van der Waals surface area (Å²) in [6.07, 6.45) is 4.94. The summed E-state index contributed by atoms with van der Waals surface area (Å²) in [5.74, 6) is -0.118. The van der Waals surface area contributed by atoms with Crippen molar-refractivity contribution in [3.63, 3.8) is 0 Å². The van der Waals surface area contributed by atoms with Crippen LogP contribution in [0.25, 0.3) is 0 Å². The summed E-state index contributed by atoms with van der Waals surface area (Å²) in [5.41, 5.74) is 6.72. The maximum Gasteiger partial charge on any atom is 0.363 e. The fraction of sp³-hybridized carbons (Fsp3) is 0.583. The van der Waals surface area contributed by atoms with E-state index in [2.05, 4.69) is 16.8 Å². The van der Waals surface area contributed by atoms with Crippen molar-refractivity contribution < 1.29 is 4.92 Å². The minimum Gasteiger partial charge on any atom is -0.362 e. The van der Waals surface area contributed by atoms with Crippen molar-refractivity contribution in [3.05, 3.63) is 28.4 Å². The Balaban J connectivity index is 2.24. The lowest BCUT2D eigenvalue weighted by atomic mass is 9.96. The number of piperidine rings is 1. The van der Waals surface area contributed by atoms with Crippen molar-refractivity contribution in [2.24, 2.45) is 5.73 Å². The highest BCUT2D eigenvalue weighted by Crippen LogP contribution is 2.28. The molecule has 6 heteroatoms. The number of anilines is 1. The number of nitrogens with two attached hydrogens (primary N) is 1. The molecule has 18 heavy (non-hydrogen) atoms. The van der Waals surface area contributed by atoms with E-state index in [1.807, 2.05) is 0 Å². The molecule has 0 amide bonds. The molecule has 1 saturated heterocycles. The molecule has 0 radical (unpaired) electrons. The second kappa shape index (κ2) is 5.30. The molecular formula is C12H18N4O2. The first-order valence-corrected chi connectivity index (χ1v) is 6.22. The molecule has 2 atom stereocenters. The number of pyridine rings is 1. The van der Waals surface area contributed by atoms with E-state index in [1.54, 1.807) is 12.3 Å². The van der Waals surface area contributed by atoms with Crippen molar-refractivity contribution in [3.8, 4) is 0 Å². The van der Waals surface area contributed by atoms with Gasteiger partial charge in [-0.05, 0) is 42.2 Å². The molecule has 0 spiro atoms. The Morgan fingerprint density at radius 1 is 1.56 bits per heavy atom. The van der Waals surface area contributed by atoms with E-state index in [0.29, 0.717) is 18.6 Å². The number of nitrogens with zero attached hydrogens (tertiary/aromatic N) is 3. The van der Waals surface area contributed by atoms with Gasteiger partial charge >= 0.3 is 5.82 Å². The fourth-order valence-electron chi connectivity index (χ4n) is 2.62. The van der Waals surface area contributed by atoms with Gasteiger partial charge in [-0.3, -0.25) is 0 Å². The number of nitro groups is 1. The molecule has 0 saturated carbocycles. The highest BCUT2D eigenvalue weighted by Gasteiger charge is 2.28. The maximum atomic E-state index is 10.6. The third-order valence-corrected chi connectivity index (χ3v) is 3.52. The number of hydrogen-bond acceptors (Lipinski definition) is 5. The van der Waals surface area contributed by atoms with Gasteiger partial charge in [0.15, 0.2) is 6.20 Å². The zero-order valence-corrected chi connectivity index (χ0v) is 10.5. The predicted octanol–water partition coefficient (Wildman–Crippen LogP) is 1.70. The zero-order valence-electron chi connectivity index (χ0n) is 10.5. The first kappa shape index (κ1) is 12.8. The molecule has 1 aromatic heterocycles. The van der Waals surface area contributed by atoms with E-state index >= 15 is 0 Å². The summed E-state index contributed by atoms with van der Waals surface area (Å²) in [6.45, 7) is 2.75. The van der Waals surface area contributed by atoms with E-state index in [9.17, 15) is 10.1 Å². The van der Waals surface area contributed by atoms with Crippen LogP contribution in [0.5, 0.6) is 0 Å². The molecule has 1 aromatic rings. The summed E-state index contributed by atoms with van der Waals surface area (Å²) in [6, 6.07) is 3.91. The van der Waals surface area contributed by atoms with Crippen LogP contribution < -0.4 is 10.6 Å². The smallest absolute Gasteiger partial charge is 0.362 e. The Morgan fingerprint density at radius 2 is 2.33 bits per heavy atom. The largest absolute Gasteiger partial charge is 0.363 e. The first-order chi connectivity index (χ1) is 8.63. The van der Waals surface area contributed by atoms with Crippen LogP contribution in [0, 0.1) is 10.1 Å². The van der Waals surface area contributed by atoms with E-state index < -0.39 is 4.92 Å². The quantitative estimate of drug-likeness (QED) is 0.651. The molecule has 1 fully saturated rings. The van der Waals surface area contributed by atoms with Gasteiger partial charge in [-0.2, -0.15) is 0 Å². The van der Waals surface area contributed by atoms with Gasteiger partial charge in [-0.1, -0.05) is 0 Å². The van der Waals surface area contributed by atoms with Gasteiger partial charge in [-0.25, -0.2) is 0 Å². The molecular weight excluding hydrogens is 232 g/mol. The third-order valence-electron chi connectivity index (χ3n) is 3.52. The third kappa shape index (κ3) is 2.43. The Kier molecular flexibility index (Phi) is 3.76. The van der Waals surface area contributed by atoms with E-state index in [1.165, 1.54) is 12.5 Å². The van der Waals surface area contributed by atoms with E-state index in [0.717, 1.165) is 18.5 Å². The Morgan fingerprint density at radius 3 is 2.89 bits per heavy atom. The minimum absolute atomic E-state index is 0.118. The van der Waals surface area contributed by atoms with Gasteiger partial charge < -0.3 is 20.7 Å². The van der Waals surface area contributed by atoms with Crippen LogP contribution in [0.2, 0.25) is 0 Å². The molecule has 1 aliphatic heterocycles. The van der Waals surface area contributed by atoms with Gasteiger partial charge in [0.25, 0.3) is 0 Å². The lowest BCUT2D eigenvalue weighted by Gasteiger charge is -2.41. The van der Waals surface area contributed by atoms with Crippen molar-refractivity contribution in [1.82, 2.24) is 4.98 Å². The average molecular weight is 250 g/mol. The van der Waals surface area contributed by atoms with Crippen molar-refractivity contribution >= 4 is 11.5 Å². The highest BCUT2D eigenvalue weighted by molar-refractivity contribution is 5.49. The van der Waals surface area contributed by atoms with E-state index in [-0.39, 0.29) is 5.82 Å². The Labute approximate surface area is 106 Å². The summed E-state index contributed by atoms with van der Waals surface area (Å²) in [5, 5.41) is 10.6. The Hall–Kier alpha value is -1.69. The monoisotopic (exact) mass is 250 g/mol. The average Bonchev–Trinajstić information content (AvgIpc) is 2.38. The zero-order chi connectivity index (χ0) is 13.1. The fourth-order valence-corrected chi connectivity index (χ4v) is 2.62. The standard InChI is InChI=1S/C12H18N4O2/c1-9-3-2-4-10(7-13)15(9)11-5-6-12(14-8-11)16(17)18/h5-6,8-10H,2-4,7,13H2,1H3. The molecule has 2 heterocycles. The van der Waals surface area contributed by atoms with Crippen LogP contribution in [0.4, 0.5) is 11.5 Å². The molecule has 98 valence electrons. The van der Waals surface area contributed by atoms with Crippen LogP contribution in [-0.2, 0) is 0 Å². The van der Waals surface area contributed by atoms with Crippen LogP contribution >= 0.6 is 0 Å². The summed E-state index contributed by atoms with van der Waals surface area (Å²) in [4.78, 5) is 16.2. The molecule has 1 aliphatic rings.